The van der Waals surface area contributed by atoms with Crippen molar-refractivity contribution in [3.8, 4) is 5.75 Å². The van der Waals surface area contributed by atoms with Gasteiger partial charge >= 0.3 is 10.1 Å². The summed E-state index contributed by atoms with van der Waals surface area (Å²) in [5.41, 5.74) is 1.51. The molecule has 6 heteroatoms. The van der Waals surface area contributed by atoms with Crippen molar-refractivity contribution in [3.05, 3.63) is 96.1 Å². The highest BCUT2D eigenvalue weighted by atomic mass is 32.2. The van der Waals surface area contributed by atoms with E-state index in [9.17, 15) is 13.5 Å². The predicted octanol–water partition coefficient (Wildman–Crippen LogP) is 3.28. The Hall–Kier alpha value is -2.67. The van der Waals surface area contributed by atoms with E-state index < -0.39 is 16.2 Å². The number of hydrogen-bond donors (Lipinski definition) is 2. The van der Waals surface area contributed by atoms with Crippen molar-refractivity contribution in [1.82, 2.24) is 5.32 Å². The van der Waals surface area contributed by atoms with Crippen LogP contribution in [0.5, 0.6) is 5.75 Å². The van der Waals surface area contributed by atoms with Gasteiger partial charge < -0.3 is 14.6 Å². The second-order valence-corrected chi connectivity index (χ2v) is 7.57. The Balaban J connectivity index is 1.70. The summed E-state index contributed by atoms with van der Waals surface area (Å²) in [5, 5.41) is 13.7. The summed E-state index contributed by atoms with van der Waals surface area (Å²) < 4.78 is 30.2. The topological polar surface area (TPSA) is 75.6 Å². The van der Waals surface area contributed by atoms with Gasteiger partial charge in [0, 0.05) is 18.7 Å². The van der Waals surface area contributed by atoms with Gasteiger partial charge in [-0.15, -0.1) is 0 Å². The summed E-state index contributed by atoms with van der Waals surface area (Å²) in [7, 11) is -3.96. The highest BCUT2D eigenvalue weighted by Gasteiger charge is 2.20. The quantitative estimate of drug-likeness (QED) is 0.584. The number of aliphatic hydroxyl groups excluding tert-OH is 1. The smallest absolute Gasteiger partial charge is 0.339 e. The highest BCUT2D eigenvalue weighted by Crippen LogP contribution is 2.27. The molecule has 3 aromatic carbocycles. The van der Waals surface area contributed by atoms with E-state index in [0.29, 0.717) is 12.1 Å². The second-order valence-electron chi connectivity index (χ2n) is 6.02. The van der Waals surface area contributed by atoms with Gasteiger partial charge in [0.2, 0.25) is 0 Å². The van der Waals surface area contributed by atoms with Gasteiger partial charge in [-0.1, -0.05) is 66.7 Å². The minimum Gasteiger partial charge on any atom is -0.387 e. The van der Waals surface area contributed by atoms with Crippen LogP contribution in [0.25, 0.3) is 0 Å². The van der Waals surface area contributed by atoms with Crippen LogP contribution in [0, 0.1) is 0 Å². The lowest BCUT2D eigenvalue weighted by atomic mass is 10.1. The Labute approximate surface area is 159 Å². The van der Waals surface area contributed by atoms with E-state index in [0.717, 1.165) is 5.56 Å². The van der Waals surface area contributed by atoms with Crippen LogP contribution in [0.3, 0.4) is 0 Å². The second kappa shape index (κ2) is 8.81. The van der Waals surface area contributed by atoms with E-state index in [1.165, 1.54) is 18.2 Å². The molecule has 0 aliphatic heterocycles. The molecule has 1 atom stereocenters. The molecule has 0 heterocycles. The first kappa shape index (κ1) is 19.1. The van der Waals surface area contributed by atoms with E-state index >= 15 is 0 Å². The average molecular weight is 383 g/mol. The van der Waals surface area contributed by atoms with Crippen molar-refractivity contribution in [1.29, 1.82) is 0 Å². The molecule has 0 aromatic heterocycles. The number of aliphatic hydroxyl groups is 1. The molecular formula is C21H21NO4S. The zero-order valence-corrected chi connectivity index (χ0v) is 15.5. The van der Waals surface area contributed by atoms with Crippen molar-refractivity contribution < 1.29 is 17.7 Å². The normalized spacial score (nSPS) is 12.5. The maximum absolute atomic E-state index is 12.5. The van der Waals surface area contributed by atoms with Gasteiger partial charge in [0.05, 0.1) is 6.10 Å². The largest absolute Gasteiger partial charge is 0.387 e. The minimum absolute atomic E-state index is 0.0662. The standard InChI is InChI=1S/C21H21NO4S/c23-20(16-22-15-17-9-3-1-4-10-17)19-13-7-8-14-21(19)26-27(24,25)18-11-5-2-6-12-18/h1-14,20,22-23H,15-16H2/t20-/m0/s1. The third-order valence-electron chi connectivity index (χ3n) is 4.02. The van der Waals surface area contributed by atoms with Crippen LogP contribution in [-0.2, 0) is 16.7 Å². The summed E-state index contributed by atoms with van der Waals surface area (Å²) in [6.07, 6.45) is -0.907. The molecule has 0 saturated heterocycles. The summed E-state index contributed by atoms with van der Waals surface area (Å²) in [5.74, 6) is 0.121. The first-order chi connectivity index (χ1) is 13.1. The zero-order valence-electron chi connectivity index (χ0n) is 14.7. The Morgan fingerprint density at radius 1 is 0.852 bits per heavy atom. The molecule has 0 fully saturated rings. The SMILES string of the molecule is O=S(=O)(Oc1ccccc1[C@@H](O)CNCc1ccccc1)c1ccccc1. The summed E-state index contributed by atoms with van der Waals surface area (Å²) in [6, 6.07) is 24.3. The van der Waals surface area contributed by atoms with Gasteiger partial charge in [0.1, 0.15) is 10.6 Å². The van der Waals surface area contributed by atoms with Gasteiger partial charge in [0.25, 0.3) is 0 Å². The average Bonchev–Trinajstić information content (AvgIpc) is 2.69. The van der Waals surface area contributed by atoms with Gasteiger partial charge in [-0.2, -0.15) is 8.42 Å². The fraction of sp³-hybridized carbons (Fsp3) is 0.143. The lowest BCUT2D eigenvalue weighted by Crippen LogP contribution is -2.22. The summed E-state index contributed by atoms with van der Waals surface area (Å²) in [4.78, 5) is 0.0662. The van der Waals surface area contributed by atoms with E-state index in [2.05, 4.69) is 5.32 Å². The van der Waals surface area contributed by atoms with Gasteiger partial charge in [-0.3, -0.25) is 0 Å². The van der Waals surface area contributed by atoms with Crippen molar-refractivity contribution in [2.75, 3.05) is 6.54 Å². The van der Waals surface area contributed by atoms with E-state index in [1.807, 2.05) is 30.3 Å². The molecule has 5 nitrogen and oxygen atoms in total. The lowest BCUT2D eigenvalue weighted by Gasteiger charge is -2.16. The van der Waals surface area contributed by atoms with Gasteiger partial charge in [-0.05, 0) is 23.8 Å². The monoisotopic (exact) mass is 383 g/mol. The van der Waals surface area contributed by atoms with Crippen LogP contribution in [-0.4, -0.2) is 20.1 Å². The van der Waals surface area contributed by atoms with Crippen molar-refractivity contribution in [3.63, 3.8) is 0 Å². The first-order valence-corrected chi connectivity index (χ1v) is 9.98. The molecule has 0 amide bonds. The van der Waals surface area contributed by atoms with Crippen LogP contribution in [0.1, 0.15) is 17.2 Å². The Morgan fingerprint density at radius 2 is 1.44 bits per heavy atom. The Bertz CT molecular complexity index is 960. The Morgan fingerprint density at radius 3 is 2.15 bits per heavy atom. The fourth-order valence-electron chi connectivity index (χ4n) is 2.64. The molecule has 3 aromatic rings. The van der Waals surface area contributed by atoms with Crippen molar-refractivity contribution in [2.45, 2.75) is 17.5 Å². The van der Waals surface area contributed by atoms with Crippen molar-refractivity contribution in [2.24, 2.45) is 0 Å². The predicted molar refractivity (Wildman–Crippen MR) is 104 cm³/mol. The molecule has 0 unspecified atom stereocenters. The maximum atomic E-state index is 12.5. The highest BCUT2D eigenvalue weighted by molar-refractivity contribution is 7.87. The number of rotatable bonds is 8. The van der Waals surface area contributed by atoms with E-state index in [-0.39, 0.29) is 17.2 Å². The number of para-hydroxylation sites is 1. The molecule has 0 aliphatic rings. The third-order valence-corrected chi connectivity index (χ3v) is 5.27. The van der Waals surface area contributed by atoms with Crippen LogP contribution in [0.2, 0.25) is 0 Å². The molecule has 27 heavy (non-hydrogen) atoms. The lowest BCUT2D eigenvalue weighted by molar-refractivity contribution is 0.172. The molecule has 0 saturated carbocycles. The van der Waals surface area contributed by atoms with E-state index in [1.54, 1.807) is 36.4 Å². The number of hydrogen-bond acceptors (Lipinski definition) is 5. The summed E-state index contributed by atoms with van der Waals surface area (Å²) >= 11 is 0. The minimum atomic E-state index is -3.96. The van der Waals surface area contributed by atoms with Crippen LogP contribution in [0.15, 0.2) is 89.8 Å². The molecule has 140 valence electrons. The van der Waals surface area contributed by atoms with Gasteiger partial charge in [-0.25, -0.2) is 0 Å². The van der Waals surface area contributed by atoms with Crippen molar-refractivity contribution >= 4 is 10.1 Å². The molecule has 0 radical (unpaired) electrons. The molecule has 0 aliphatic carbocycles. The van der Waals surface area contributed by atoms with Crippen LogP contribution in [0.4, 0.5) is 0 Å². The number of nitrogens with one attached hydrogen (secondary N) is 1. The maximum Gasteiger partial charge on any atom is 0.339 e. The van der Waals surface area contributed by atoms with Crippen LogP contribution >= 0.6 is 0 Å². The fourth-order valence-corrected chi connectivity index (χ4v) is 3.62. The zero-order chi connectivity index (χ0) is 19.1. The van der Waals surface area contributed by atoms with E-state index in [4.69, 9.17) is 4.18 Å². The molecule has 0 spiro atoms. The van der Waals surface area contributed by atoms with Crippen LogP contribution < -0.4 is 9.50 Å². The molecule has 0 bridgehead atoms. The Kier molecular flexibility index (Phi) is 6.24. The summed E-state index contributed by atoms with van der Waals surface area (Å²) in [6.45, 7) is 0.865. The number of benzene rings is 3. The molecule has 2 N–H and O–H groups in total. The first-order valence-electron chi connectivity index (χ1n) is 8.57. The molecular weight excluding hydrogens is 362 g/mol. The third kappa shape index (κ3) is 5.17. The molecule has 3 rings (SSSR count). The van der Waals surface area contributed by atoms with Gasteiger partial charge in [0.15, 0.2) is 0 Å².